The van der Waals surface area contributed by atoms with Gasteiger partial charge in [0.05, 0.1) is 13.7 Å². The third-order valence-electron chi connectivity index (χ3n) is 2.26. The Bertz CT molecular complexity index is 206. The van der Waals surface area contributed by atoms with E-state index in [1.807, 2.05) is 6.08 Å². The minimum absolute atomic E-state index is 0.284. The molecule has 4 heteroatoms. The molecule has 0 N–H and O–H groups in total. The summed E-state index contributed by atoms with van der Waals surface area (Å²) in [5.41, 5.74) is 0. The van der Waals surface area contributed by atoms with Crippen LogP contribution in [-0.4, -0.2) is 50.3 Å². The third-order valence-corrected chi connectivity index (χ3v) is 2.26. The van der Waals surface area contributed by atoms with Gasteiger partial charge >= 0.3 is 5.97 Å². The van der Waals surface area contributed by atoms with Crippen LogP contribution in [-0.2, 0) is 14.3 Å². The summed E-state index contributed by atoms with van der Waals surface area (Å²) in [7, 11) is 1.38. The van der Waals surface area contributed by atoms with Gasteiger partial charge in [0.1, 0.15) is 0 Å². The van der Waals surface area contributed by atoms with Gasteiger partial charge in [-0.25, -0.2) is 4.79 Å². The van der Waals surface area contributed by atoms with Crippen LogP contribution in [0.1, 0.15) is 6.42 Å². The second-order valence-corrected chi connectivity index (χ2v) is 3.26. The lowest BCUT2D eigenvalue weighted by molar-refractivity contribution is -0.159. The summed E-state index contributed by atoms with van der Waals surface area (Å²) in [5, 5.41) is 0. The van der Waals surface area contributed by atoms with Crippen molar-refractivity contribution in [3.63, 3.8) is 0 Å². The van der Waals surface area contributed by atoms with E-state index in [0.717, 1.165) is 19.5 Å². The van der Waals surface area contributed by atoms with E-state index in [4.69, 9.17) is 4.74 Å². The molecular formula is C10H17NO3. The molecule has 0 aliphatic carbocycles. The van der Waals surface area contributed by atoms with Crippen LogP contribution in [0.3, 0.4) is 0 Å². The van der Waals surface area contributed by atoms with E-state index < -0.39 is 6.10 Å². The predicted octanol–water partition coefficient (Wildman–Crippen LogP) is 0.436. The maximum Gasteiger partial charge on any atom is 0.336 e. The molecule has 0 aromatic carbocycles. The van der Waals surface area contributed by atoms with Crippen molar-refractivity contribution in [2.45, 2.75) is 12.5 Å². The van der Waals surface area contributed by atoms with Gasteiger partial charge in [-0.15, -0.1) is 6.58 Å². The molecule has 1 atom stereocenters. The number of ether oxygens (including phenoxy) is 2. The first-order valence-electron chi connectivity index (χ1n) is 4.80. The number of carbonyl (C=O) groups is 1. The first-order valence-corrected chi connectivity index (χ1v) is 4.80. The van der Waals surface area contributed by atoms with Gasteiger partial charge in [0.25, 0.3) is 0 Å². The Morgan fingerprint density at radius 1 is 1.79 bits per heavy atom. The molecule has 1 aliphatic rings. The molecule has 4 nitrogen and oxygen atoms in total. The molecule has 0 bridgehead atoms. The van der Waals surface area contributed by atoms with Crippen molar-refractivity contribution < 1.29 is 14.3 Å². The smallest absolute Gasteiger partial charge is 0.336 e. The first-order chi connectivity index (χ1) is 6.77. The van der Waals surface area contributed by atoms with Crippen LogP contribution in [0.15, 0.2) is 12.7 Å². The summed E-state index contributed by atoms with van der Waals surface area (Å²) in [4.78, 5) is 13.4. The molecule has 1 fully saturated rings. The summed E-state index contributed by atoms with van der Waals surface area (Å²) >= 11 is 0. The SMILES string of the molecule is C=CCCN1CCOC(C(=O)OC)C1. The number of nitrogens with zero attached hydrogens (tertiary/aromatic N) is 1. The Morgan fingerprint density at radius 2 is 2.57 bits per heavy atom. The molecule has 1 saturated heterocycles. The van der Waals surface area contributed by atoms with E-state index in [1.165, 1.54) is 7.11 Å². The summed E-state index contributed by atoms with van der Waals surface area (Å²) in [5.74, 6) is -0.284. The van der Waals surface area contributed by atoms with Gasteiger partial charge in [-0.05, 0) is 6.42 Å². The van der Waals surface area contributed by atoms with Crippen LogP contribution in [0.4, 0.5) is 0 Å². The highest BCUT2D eigenvalue weighted by atomic mass is 16.6. The molecule has 1 rings (SSSR count). The summed E-state index contributed by atoms with van der Waals surface area (Å²) in [6.07, 6.45) is 2.40. The van der Waals surface area contributed by atoms with Gasteiger partial charge in [-0.3, -0.25) is 4.90 Å². The van der Waals surface area contributed by atoms with Crippen molar-refractivity contribution in [2.75, 3.05) is 33.4 Å². The normalized spacial score (nSPS) is 23.1. The van der Waals surface area contributed by atoms with Crippen molar-refractivity contribution in [1.29, 1.82) is 0 Å². The summed E-state index contributed by atoms with van der Waals surface area (Å²) in [6.45, 7) is 6.69. The second kappa shape index (κ2) is 5.78. The average Bonchev–Trinajstić information content (AvgIpc) is 2.25. The Hall–Kier alpha value is -0.870. The molecule has 0 aromatic rings. The fraction of sp³-hybridized carbons (Fsp3) is 0.700. The monoisotopic (exact) mass is 199 g/mol. The van der Waals surface area contributed by atoms with Crippen molar-refractivity contribution in [2.24, 2.45) is 0 Å². The van der Waals surface area contributed by atoms with E-state index in [-0.39, 0.29) is 5.97 Å². The van der Waals surface area contributed by atoms with Crippen molar-refractivity contribution in [1.82, 2.24) is 4.90 Å². The quantitative estimate of drug-likeness (QED) is 0.486. The molecule has 0 saturated carbocycles. The molecule has 1 aliphatic heterocycles. The van der Waals surface area contributed by atoms with E-state index in [2.05, 4.69) is 16.2 Å². The number of hydrogen-bond acceptors (Lipinski definition) is 4. The maximum absolute atomic E-state index is 11.2. The number of methoxy groups -OCH3 is 1. The van der Waals surface area contributed by atoms with Crippen LogP contribution >= 0.6 is 0 Å². The van der Waals surface area contributed by atoms with Crippen LogP contribution in [0, 0.1) is 0 Å². The van der Waals surface area contributed by atoms with Gasteiger partial charge in [0.2, 0.25) is 0 Å². The number of morpholine rings is 1. The van der Waals surface area contributed by atoms with Gasteiger partial charge in [-0.2, -0.15) is 0 Å². The first kappa shape index (κ1) is 11.2. The van der Waals surface area contributed by atoms with Crippen LogP contribution in [0.5, 0.6) is 0 Å². The molecule has 0 aromatic heterocycles. The van der Waals surface area contributed by atoms with Crippen LogP contribution in [0.2, 0.25) is 0 Å². The minimum atomic E-state index is -0.418. The number of esters is 1. The topological polar surface area (TPSA) is 38.8 Å². The Balaban J connectivity index is 2.35. The van der Waals surface area contributed by atoms with Gasteiger partial charge in [-0.1, -0.05) is 6.08 Å². The highest BCUT2D eigenvalue weighted by Crippen LogP contribution is 2.07. The van der Waals surface area contributed by atoms with E-state index >= 15 is 0 Å². The molecule has 14 heavy (non-hydrogen) atoms. The molecule has 1 heterocycles. The zero-order valence-electron chi connectivity index (χ0n) is 8.57. The molecule has 0 amide bonds. The number of carbonyl (C=O) groups excluding carboxylic acids is 1. The van der Waals surface area contributed by atoms with Crippen molar-refractivity contribution in [3.05, 3.63) is 12.7 Å². The fourth-order valence-electron chi connectivity index (χ4n) is 1.45. The second-order valence-electron chi connectivity index (χ2n) is 3.26. The molecular weight excluding hydrogens is 182 g/mol. The zero-order valence-corrected chi connectivity index (χ0v) is 8.57. The van der Waals surface area contributed by atoms with E-state index in [0.29, 0.717) is 13.2 Å². The predicted molar refractivity (Wildman–Crippen MR) is 53.0 cm³/mol. The van der Waals surface area contributed by atoms with Crippen LogP contribution in [0.25, 0.3) is 0 Å². The van der Waals surface area contributed by atoms with Crippen molar-refractivity contribution in [3.8, 4) is 0 Å². The third kappa shape index (κ3) is 3.12. The standard InChI is InChI=1S/C10H17NO3/c1-3-4-5-11-6-7-14-9(8-11)10(12)13-2/h3,9H,1,4-8H2,2H3. The summed E-state index contributed by atoms with van der Waals surface area (Å²) in [6, 6.07) is 0. The number of hydrogen-bond donors (Lipinski definition) is 0. The highest BCUT2D eigenvalue weighted by molar-refractivity contribution is 5.74. The zero-order chi connectivity index (χ0) is 10.4. The van der Waals surface area contributed by atoms with Gasteiger partial charge < -0.3 is 9.47 Å². The fourth-order valence-corrected chi connectivity index (χ4v) is 1.45. The van der Waals surface area contributed by atoms with Gasteiger partial charge in [0, 0.05) is 19.6 Å². The van der Waals surface area contributed by atoms with Crippen molar-refractivity contribution >= 4 is 5.97 Å². The Morgan fingerprint density at radius 3 is 3.21 bits per heavy atom. The minimum Gasteiger partial charge on any atom is -0.467 e. The molecule has 0 spiro atoms. The lowest BCUT2D eigenvalue weighted by Crippen LogP contribution is -2.46. The lowest BCUT2D eigenvalue weighted by atomic mass is 10.2. The lowest BCUT2D eigenvalue weighted by Gasteiger charge is -2.30. The van der Waals surface area contributed by atoms with E-state index in [1.54, 1.807) is 0 Å². The highest BCUT2D eigenvalue weighted by Gasteiger charge is 2.26. The van der Waals surface area contributed by atoms with Crippen LogP contribution < -0.4 is 0 Å². The molecule has 1 unspecified atom stereocenters. The molecule has 0 radical (unpaired) electrons. The maximum atomic E-state index is 11.2. The molecule has 80 valence electrons. The average molecular weight is 199 g/mol. The Kier molecular flexibility index (Phi) is 4.62. The van der Waals surface area contributed by atoms with Gasteiger partial charge in [0.15, 0.2) is 6.10 Å². The summed E-state index contributed by atoms with van der Waals surface area (Å²) < 4.78 is 9.93. The Labute approximate surface area is 84.5 Å². The largest absolute Gasteiger partial charge is 0.467 e. The number of rotatable bonds is 4. The van der Waals surface area contributed by atoms with E-state index in [9.17, 15) is 4.79 Å².